The number of aliphatic hydroxyl groups excluding tert-OH is 2. The third kappa shape index (κ3) is 78.9. The van der Waals surface area contributed by atoms with Gasteiger partial charge in [0.15, 0.2) is 12.6 Å². The fourth-order valence-electron chi connectivity index (χ4n) is 1.71. The van der Waals surface area contributed by atoms with Crippen molar-refractivity contribution in [1.29, 1.82) is 0 Å². The SMILES string of the molecule is C1=CCC/C=C\CC1.C1=CCC/C=C\CC1.CC(C)C(=O)O.CC(C)C(=O)O.CC(C)C(O)O.CC(C)C(O)O.[CH3-].[CH3-].[CH3-].[CH3-].[Ru+2].[Ru+2]. The summed E-state index contributed by atoms with van der Waals surface area (Å²) in [4.78, 5) is 19.4. The molecule has 0 aromatic rings. The van der Waals surface area contributed by atoms with Gasteiger partial charge in [-0.25, -0.2) is 0 Å². The van der Waals surface area contributed by atoms with E-state index in [0.29, 0.717) is 0 Å². The van der Waals surface area contributed by atoms with Gasteiger partial charge in [-0.3, -0.25) is 9.59 Å². The van der Waals surface area contributed by atoms with E-state index in [0.717, 1.165) is 0 Å². The van der Waals surface area contributed by atoms with Gasteiger partial charge in [0, 0.05) is 11.8 Å². The van der Waals surface area contributed by atoms with Crippen molar-refractivity contribution in [3.63, 3.8) is 0 Å². The first-order chi connectivity index (χ1) is 18.6. The Labute approximate surface area is 311 Å². The summed E-state index contributed by atoms with van der Waals surface area (Å²) < 4.78 is 0. The van der Waals surface area contributed by atoms with Gasteiger partial charge in [0.25, 0.3) is 0 Å². The molecule has 0 atom stereocenters. The summed E-state index contributed by atoms with van der Waals surface area (Å²) in [6.07, 6.45) is 25.7. The zero-order valence-electron chi connectivity index (χ0n) is 30.9. The summed E-state index contributed by atoms with van der Waals surface area (Å²) in [6, 6.07) is 0. The quantitative estimate of drug-likeness (QED) is 0.0714. The molecule has 6 N–H and O–H groups in total. The molecule has 0 fully saturated rings. The van der Waals surface area contributed by atoms with Crippen LogP contribution < -0.4 is 0 Å². The van der Waals surface area contributed by atoms with Crippen LogP contribution in [0.4, 0.5) is 0 Å². The summed E-state index contributed by atoms with van der Waals surface area (Å²) in [5, 5.41) is 48.7. The van der Waals surface area contributed by atoms with Crippen molar-refractivity contribution in [2.45, 2.75) is 119 Å². The van der Waals surface area contributed by atoms with Crippen molar-refractivity contribution in [3.05, 3.63) is 78.3 Å². The van der Waals surface area contributed by atoms with Crippen LogP contribution in [0.25, 0.3) is 0 Å². The molecular formula is C36H72O8Ru2. The van der Waals surface area contributed by atoms with Crippen LogP contribution in [-0.2, 0) is 48.5 Å². The third-order valence-corrected chi connectivity index (χ3v) is 4.85. The monoisotopic (exact) mass is 836 g/mol. The second kappa shape index (κ2) is 53.5. The van der Waals surface area contributed by atoms with E-state index in [2.05, 4.69) is 48.6 Å². The second-order valence-electron chi connectivity index (χ2n) is 10.5. The Kier molecular flexibility index (Phi) is 82.7. The molecule has 0 heterocycles. The van der Waals surface area contributed by atoms with Gasteiger partial charge in [0.2, 0.25) is 0 Å². The molecule has 0 saturated carbocycles. The number of carboxylic acid groups (broad SMARTS) is 2. The van der Waals surface area contributed by atoms with E-state index in [4.69, 9.17) is 30.6 Å². The Balaban J connectivity index is -0.0000000414. The Bertz CT molecular complexity index is 563. The Morgan fingerprint density at radius 3 is 0.543 bits per heavy atom. The molecule has 0 aromatic carbocycles. The molecule has 0 spiro atoms. The fraction of sp³-hybridized carbons (Fsp3) is 0.611. The minimum atomic E-state index is -1.15. The molecule has 2 aliphatic rings. The van der Waals surface area contributed by atoms with Crippen LogP contribution >= 0.6 is 0 Å². The predicted octanol–water partition coefficient (Wildman–Crippen LogP) is 8.50. The Hall–Kier alpha value is -1.01. The van der Waals surface area contributed by atoms with Crippen molar-refractivity contribution in [2.24, 2.45) is 23.7 Å². The maximum absolute atomic E-state index is 9.70. The first-order valence-electron chi connectivity index (χ1n) is 14.4. The standard InChI is InChI=1S/2C8H12.2C4H10O2.2C4H8O2.4CH3.2Ru/c2*1-2-4-6-8-7-5-3-1;4*1-3(2)4(5)6;;;;;;/h2*1-2,7-8H,3-6H2;2*3-6H,1-2H3;2*3H,1-2H3,(H,5,6);4*1H3;;/q;;;;;;4*-1;2*+2/b2*2-1-,8-7?;;;;;;;;;;. The van der Waals surface area contributed by atoms with Crippen LogP contribution in [-0.4, -0.2) is 55.2 Å². The van der Waals surface area contributed by atoms with Crippen LogP contribution in [0.5, 0.6) is 0 Å². The predicted molar refractivity (Wildman–Crippen MR) is 190 cm³/mol. The third-order valence-electron chi connectivity index (χ3n) is 4.85. The molecule has 0 aliphatic heterocycles. The van der Waals surface area contributed by atoms with E-state index in [1.807, 2.05) is 0 Å². The number of aliphatic carboxylic acids is 2. The number of aliphatic hydroxyl groups is 4. The van der Waals surface area contributed by atoms with Gasteiger partial charge in [0.1, 0.15) is 0 Å². The van der Waals surface area contributed by atoms with Crippen LogP contribution in [0, 0.1) is 53.4 Å². The number of hydrogen-bond acceptors (Lipinski definition) is 6. The summed E-state index contributed by atoms with van der Waals surface area (Å²) in [7, 11) is 0. The summed E-state index contributed by atoms with van der Waals surface area (Å²) in [5.41, 5.74) is 0. The van der Waals surface area contributed by atoms with Crippen LogP contribution in [0.1, 0.15) is 107 Å². The number of allylic oxidation sites excluding steroid dienone is 8. The molecule has 0 radical (unpaired) electrons. The van der Waals surface area contributed by atoms with Crippen molar-refractivity contribution in [2.75, 3.05) is 0 Å². The Morgan fingerprint density at radius 1 is 0.413 bits per heavy atom. The van der Waals surface area contributed by atoms with E-state index in [1.165, 1.54) is 51.4 Å². The smallest absolute Gasteiger partial charge is 0.481 e. The van der Waals surface area contributed by atoms with E-state index in [1.54, 1.807) is 55.4 Å². The molecule has 0 bridgehead atoms. The van der Waals surface area contributed by atoms with Gasteiger partial charge in [-0.1, -0.05) is 104 Å². The van der Waals surface area contributed by atoms with Crippen molar-refractivity contribution in [1.82, 2.24) is 0 Å². The van der Waals surface area contributed by atoms with Crippen LogP contribution in [0.2, 0.25) is 0 Å². The van der Waals surface area contributed by atoms with Gasteiger partial charge < -0.3 is 60.3 Å². The first kappa shape index (κ1) is 71.1. The normalized spacial score (nSPS) is 13.6. The van der Waals surface area contributed by atoms with Crippen molar-refractivity contribution in [3.8, 4) is 0 Å². The van der Waals surface area contributed by atoms with Gasteiger partial charge in [0.05, 0.1) is 11.8 Å². The number of carbonyl (C=O) groups is 2. The van der Waals surface area contributed by atoms with Crippen molar-refractivity contribution < 1.29 is 79.2 Å². The molecule has 2 aliphatic carbocycles. The van der Waals surface area contributed by atoms with Gasteiger partial charge >= 0.3 is 50.9 Å². The molecule has 0 unspecified atom stereocenters. The molecule has 0 aromatic heterocycles. The summed E-state index contributed by atoms with van der Waals surface area (Å²) >= 11 is 0. The second-order valence-corrected chi connectivity index (χ2v) is 10.5. The molecule has 0 saturated heterocycles. The van der Waals surface area contributed by atoms with E-state index >= 15 is 0 Å². The number of rotatable bonds is 4. The minimum absolute atomic E-state index is 0. The average molecular weight is 835 g/mol. The van der Waals surface area contributed by atoms with E-state index < -0.39 is 24.5 Å². The Morgan fingerprint density at radius 2 is 0.500 bits per heavy atom. The zero-order valence-corrected chi connectivity index (χ0v) is 34.4. The van der Waals surface area contributed by atoms with Crippen LogP contribution in [0.15, 0.2) is 48.6 Å². The van der Waals surface area contributed by atoms with Crippen molar-refractivity contribution >= 4 is 11.9 Å². The van der Waals surface area contributed by atoms with Crippen LogP contribution in [0.3, 0.4) is 0 Å². The van der Waals surface area contributed by atoms with E-state index in [-0.39, 0.29) is 92.3 Å². The number of carboxylic acids is 2. The molecule has 2 rings (SSSR count). The average Bonchev–Trinajstić information content (AvgIpc) is 2.80. The number of hydrogen-bond donors (Lipinski definition) is 6. The van der Waals surface area contributed by atoms with E-state index in [9.17, 15) is 9.59 Å². The molecule has 280 valence electrons. The molecular weight excluding hydrogens is 763 g/mol. The molecule has 10 heteroatoms. The minimum Gasteiger partial charge on any atom is -0.481 e. The van der Waals surface area contributed by atoms with Gasteiger partial charge in [-0.05, 0) is 51.4 Å². The van der Waals surface area contributed by atoms with Gasteiger partial charge in [-0.15, -0.1) is 0 Å². The zero-order chi connectivity index (χ0) is 31.9. The fourth-order valence-corrected chi connectivity index (χ4v) is 1.71. The molecule has 8 nitrogen and oxygen atoms in total. The maximum Gasteiger partial charge on any atom is 2.00 e. The topological polar surface area (TPSA) is 156 Å². The summed E-state index contributed by atoms with van der Waals surface area (Å²) in [6.45, 7) is 13.5. The largest absolute Gasteiger partial charge is 2.00 e. The summed E-state index contributed by atoms with van der Waals surface area (Å²) in [5.74, 6) is -2.02. The molecule has 0 amide bonds. The maximum atomic E-state index is 9.70. The first-order valence-corrected chi connectivity index (χ1v) is 14.4. The molecule has 46 heavy (non-hydrogen) atoms. The van der Waals surface area contributed by atoms with Gasteiger partial charge in [-0.2, -0.15) is 0 Å².